The molecule has 1 aromatic rings. The van der Waals surface area contributed by atoms with Gasteiger partial charge in [0.25, 0.3) is 0 Å². The summed E-state index contributed by atoms with van der Waals surface area (Å²) in [4.78, 5) is 16.5. The zero-order valence-electron chi connectivity index (χ0n) is 13.5. The molecule has 0 unspecified atom stereocenters. The molecule has 2 rings (SSSR count). The molecule has 2 heterocycles. The monoisotopic (exact) mass is 294 g/mol. The molecule has 21 heavy (non-hydrogen) atoms. The van der Waals surface area contributed by atoms with Crippen LogP contribution >= 0.6 is 0 Å². The topological polar surface area (TPSA) is 61.6 Å². The Kier molecular flexibility index (Phi) is 5.00. The predicted octanol–water partition coefficient (Wildman–Crippen LogP) is 1.02. The number of nitrogens with one attached hydrogen (secondary N) is 1. The van der Waals surface area contributed by atoms with Crippen LogP contribution < -0.4 is 5.32 Å². The van der Waals surface area contributed by atoms with Gasteiger partial charge in [-0.15, -0.1) is 0 Å². The highest BCUT2D eigenvalue weighted by Gasteiger charge is 2.21. The van der Waals surface area contributed by atoms with E-state index in [2.05, 4.69) is 20.3 Å². The van der Waals surface area contributed by atoms with Crippen LogP contribution in [0.2, 0.25) is 0 Å². The highest BCUT2D eigenvalue weighted by atomic mass is 16.5. The summed E-state index contributed by atoms with van der Waals surface area (Å²) >= 11 is 0. The predicted molar refractivity (Wildman–Crippen MR) is 80.9 cm³/mol. The van der Waals surface area contributed by atoms with Crippen molar-refractivity contribution in [2.75, 3.05) is 32.7 Å². The van der Waals surface area contributed by atoms with Gasteiger partial charge in [0, 0.05) is 44.3 Å². The van der Waals surface area contributed by atoms with Crippen LogP contribution in [0.5, 0.6) is 0 Å². The van der Waals surface area contributed by atoms with E-state index >= 15 is 0 Å². The van der Waals surface area contributed by atoms with E-state index in [-0.39, 0.29) is 11.4 Å². The minimum atomic E-state index is -0.163. The SMILES string of the molecule is Cc1cc(CN2CCN(CC(=O)NC(C)(C)C)CC2)no1. The second-order valence-corrected chi connectivity index (χ2v) is 6.78. The number of aryl methyl sites for hydroxylation is 1. The van der Waals surface area contributed by atoms with Gasteiger partial charge in [-0.2, -0.15) is 0 Å². The van der Waals surface area contributed by atoms with E-state index in [0.29, 0.717) is 6.54 Å². The molecule has 0 saturated carbocycles. The molecule has 0 radical (unpaired) electrons. The molecular formula is C15H26N4O2. The molecule has 0 aromatic carbocycles. The van der Waals surface area contributed by atoms with Crippen molar-refractivity contribution in [1.82, 2.24) is 20.3 Å². The minimum absolute atomic E-state index is 0.100. The lowest BCUT2D eigenvalue weighted by Gasteiger charge is -2.34. The first-order valence-corrected chi connectivity index (χ1v) is 7.50. The van der Waals surface area contributed by atoms with Crippen LogP contribution in [0.1, 0.15) is 32.2 Å². The Morgan fingerprint density at radius 3 is 2.43 bits per heavy atom. The van der Waals surface area contributed by atoms with Crippen molar-refractivity contribution < 1.29 is 9.32 Å². The minimum Gasteiger partial charge on any atom is -0.361 e. The maximum absolute atomic E-state index is 11.9. The second-order valence-electron chi connectivity index (χ2n) is 6.78. The van der Waals surface area contributed by atoms with Crippen molar-refractivity contribution >= 4 is 5.91 Å². The van der Waals surface area contributed by atoms with Gasteiger partial charge in [-0.05, 0) is 27.7 Å². The lowest BCUT2D eigenvalue weighted by atomic mass is 10.1. The van der Waals surface area contributed by atoms with Crippen molar-refractivity contribution in [1.29, 1.82) is 0 Å². The number of aromatic nitrogens is 1. The summed E-state index contributed by atoms with van der Waals surface area (Å²) < 4.78 is 5.09. The zero-order chi connectivity index (χ0) is 15.5. The fourth-order valence-electron chi connectivity index (χ4n) is 2.49. The van der Waals surface area contributed by atoms with Gasteiger partial charge in [-0.25, -0.2) is 0 Å². The Morgan fingerprint density at radius 2 is 1.90 bits per heavy atom. The highest BCUT2D eigenvalue weighted by molar-refractivity contribution is 5.78. The molecule has 6 heteroatoms. The molecule has 1 N–H and O–H groups in total. The lowest BCUT2D eigenvalue weighted by Crippen LogP contribution is -2.51. The fourth-order valence-corrected chi connectivity index (χ4v) is 2.49. The second kappa shape index (κ2) is 6.58. The summed E-state index contributed by atoms with van der Waals surface area (Å²) in [5.74, 6) is 0.950. The van der Waals surface area contributed by atoms with E-state index in [1.165, 1.54) is 0 Å². The standard InChI is InChI=1S/C15H26N4O2/c1-12-9-13(17-21-12)10-18-5-7-19(8-6-18)11-14(20)16-15(2,3)4/h9H,5-8,10-11H2,1-4H3,(H,16,20). The maximum Gasteiger partial charge on any atom is 0.234 e. The molecule has 1 amide bonds. The van der Waals surface area contributed by atoms with E-state index in [4.69, 9.17) is 4.52 Å². The van der Waals surface area contributed by atoms with Gasteiger partial charge in [0.05, 0.1) is 12.2 Å². The largest absolute Gasteiger partial charge is 0.361 e. The quantitative estimate of drug-likeness (QED) is 0.898. The Labute approximate surface area is 126 Å². The van der Waals surface area contributed by atoms with Gasteiger partial charge >= 0.3 is 0 Å². The number of hydrogen-bond donors (Lipinski definition) is 1. The lowest BCUT2D eigenvalue weighted by molar-refractivity contribution is -0.124. The first-order valence-electron chi connectivity index (χ1n) is 7.50. The summed E-state index contributed by atoms with van der Waals surface area (Å²) in [6.45, 7) is 12.9. The summed E-state index contributed by atoms with van der Waals surface area (Å²) in [6, 6.07) is 1.98. The van der Waals surface area contributed by atoms with E-state index in [9.17, 15) is 4.79 Å². The van der Waals surface area contributed by atoms with E-state index < -0.39 is 0 Å². The smallest absolute Gasteiger partial charge is 0.234 e. The van der Waals surface area contributed by atoms with Crippen molar-refractivity contribution in [2.24, 2.45) is 0 Å². The van der Waals surface area contributed by atoms with Crippen LogP contribution in [0, 0.1) is 6.92 Å². The Balaban J connectivity index is 1.72. The summed E-state index contributed by atoms with van der Waals surface area (Å²) in [5, 5.41) is 7.03. The van der Waals surface area contributed by atoms with Crippen LogP contribution in [0.4, 0.5) is 0 Å². The number of piperazine rings is 1. The maximum atomic E-state index is 11.9. The molecule has 6 nitrogen and oxygen atoms in total. The molecule has 0 atom stereocenters. The molecular weight excluding hydrogens is 268 g/mol. The van der Waals surface area contributed by atoms with Gasteiger partial charge in [-0.1, -0.05) is 5.16 Å². The van der Waals surface area contributed by atoms with Gasteiger partial charge in [0.2, 0.25) is 5.91 Å². The first-order chi connectivity index (χ1) is 9.82. The van der Waals surface area contributed by atoms with Crippen molar-refractivity contribution in [2.45, 2.75) is 39.8 Å². The number of carbonyl (C=O) groups is 1. The molecule has 118 valence electrons. The molecule has 1 fully saturated rings. The summed E-state index contributed by atoms with van der Waals surface area (Å²) in [6.07, 6.45) is 0. The first kappa shape index (κ1) is 16.0. The Bertz CT molecular complexity index is 470. The molecule has 0 bridgehead atoms. The summed E-state index contributed by atoms with van der Waals surface area (Å²) in [7, 11) is 0. The normalized spacial score (nSPS) is 17.9. The number of carbonyl (C=O) groups excluding carboxylic acids is 1. The third kappa shape index (κ3) is 5.47. The van der Waals surface area contributed by atoms with Crippen LogP contribution in [0.25, 0.3) is 0 Å². The van der Waals surface area contributed by atoms with Crippen LogP contribution in [0.15, 0.2) is 10.6 Å². The van der Waals surface area contributed by atoms with E-state index in [1.807, 2.05) is 33.8 Å². The Hall–Kier alpha value is -1.40. The fraction of sp³-hybridized carbons (Fsp3) is 0.733. The van der Waals surface area contributed by atoms with E-state index in [1.54, 1.807) is 0 Å². The zero-order valence-corrected chi connectivity index (χ0v) is 13.5. The molecule has 1 aliphatic rings. The third-order valence-electron chi connectivity index (χ3n) is 3.41. The molecule has 1 aromatic heterocycles. The van der Waals surface area contributed by atoms with Crippen LogP contribution in [-0.4, -0.2) is 59.1 Å². The number of hydrogen-bond acceptors (Lipinski definition) is 5. The van der Waals surface area contributed by atoms with Gasteiger partial charge in [-0.3, -0.25) is 14.6 Å². The average molecular weight is 294 g/mol. The molecule has 1 saturated heterocycles. The van der Waals surface area contributed by atoms with Crippen LogP contribution in [-0.2, 0) is 11.3 Å². The average Bonchev–Trinajstić information content (AvgIpc) is 2.75. The Morgan fingerprint density at radius 1 is 1.29 bits per heavy atom. The molecule has 1 aliphatic heterocycles. The van der Waals surface area contributed by atoms with Crippen LogP contribution in [0.3, 0.4) is 0 Å². The van der Waals surface area contributed by atoms with Crippen molar-refractivity contribution in [3.05, 3.63) is 17.5 Å². The van der Waals surface area contributed by atoms with Gasteiger partial charge in [0.1, 0.15) is 5.76 Å². The van der Waals surface area contributed by atoms with E-state index in [0.717, 1.165) is 44.2 Å². The molecule has 0 spiro atoms. The van der Waals surface area contributed by atoms with Crippen molar-refractivity contribution in [3.63, 3.8) is 0 Å². The number of nitrogens with zero attached hydrogens (tertiary/aromatic N) is 3. The van der Waals surface area contributed by atoms with Crippen molar-refractivity contribution in [3.8, 4) is 0 Å². The molecule has 0 aliphatic carbocycles. The number of amides is 1. The number of rotatable bonds is 4. The van der Waals surface area contributed by atoms with Gasteiger partial charge < -0.3 is 9.84 Å². The summed E-state index contributed by atoms with van der Waals surface area (Å²) in [5.41, 5.74) is 0.815. The highest BCUT2D eigenvalue weighted by Crippen LogP contribution is 2.09. The third-order valence-corrected chi connectivity index (χ3v) is 3.41. The van der Waals surface area contributed by atoms with Gasteiger partial charge in [0.15, 0.2) is 0 Å².